The van der Waals surface area contributed by atoms with Gasteiger partial charge in [-0.2, -0.15) is 0 Å². The van der Waals surface area contributed by atoms with E-state index in [2.05, 4.69) is 15.9 Å². The van der Waals surface area contributed by atoms with Gasteiger partial charge in [0.05, 0.1) is 6.54 Å². The van der Waals surface area contributed by atoms with E-state index in [0.29, 0.717) is 13.0 Å². The van der Waals surface area contributed by atoms with Crippen molar-refractivity contribution in [1.82, 2.24) is 4.90 Å². The minimum Gasteiger partial charge on any atom is -0.368 e. The van der Waals surface area contributed by atoms with Crippen molar-refractivity contribution in [1.29, 1.82) is 0 Å². The second-order valence-corrected chi connectivity index (χ2v) is 6.47. The lowest BCUT2D eigenvalue weighted by Gasteiger charge is -2.24. The van der Waals surface area contributed by atoms with E-state index >= 15 is 0 Å². The lowest BCUT2D eigenvalue weighted by Crippen LogP contribution is -2.41. The molecule has 6 heteroatoms. The maximum absolute atomic E-state index is 12.6. The Labute approximate surface area is 132 Å². The van der Waals surface area contributed by atoms with Crippen molar-refractivity contribution in [2.45, 2.75) is 31.8 Å². The first-order valence-corrected chi connectivity index (χ1v) is 7.82. The van der Waals surface area contributed by atoms with E-state index in [9.17, 15) is 9.59 Å². The van der Waals surface area contributed by atoms with Gasteiger partial charge in [0.15, 0.2) is 0 Å². The van der Waals surface area contributed by atoms with Gasteiger partial charge in [0.25, 0.3) is 0 Å². The van der Waals surface area contributed by atoms with Gasteiger partial charge in [0.2, 0.25) is 11.8 Å². The normalized spacial score (nSPS) is 21.2. The standard InChI is InChI=1S/C15H20BrN3O2/c16-12-4-1-10(2-5-12)8-19(9-14(18)20)15(21)11-3-6-13(17)7-11/h1-2,4-5,11,13H,3,6-9,17H2,(H2,18,20). The van der Waals surface area contributed by atoms with Gasteiger partial charge in [-0.3, -0.25) is 9.59 Å². The van der Waals surface area contributed by atoms with Crippen LogP contribution in [0.5, 0.6) is 0 Å². The summed E-state index contributed by atoms with van der Waals surface area (Å²) < 4.78 is 0.973. The summed E-state index contributed by atoms with van der Waals surface area (Å²) in [5.41, 5.74) is 12.1. The molecule has 5 nitrogen and oxygen atoms in total. The van der Waals surface area contributed by atoms with Gasteiger partial charge in [0, 0.05) is 23.0 Å². The first-order valence-electron chi connectivity index (χ1n) is 7.03. The summed E-state index contributed by atoms with van der Waals surface area (Å²) in [6.07, 6.45) is 2.34. The summed E-state index contributed by atoms with van der Waals surface area (Å²) in [6.45, 7) is 0.335. The highest BCUT2D eigenvalue weighted by Crippen LogP contribution is 2.26. The van der Waals surface area contributed by atoms with Crippen LogP contribution in [0.15, 0.2) is 28.7 Å². The number of primary amides is 1. The van der Waals surface area contributed by atoms with Crippen molar-refractivity contribution in [3.05, 3.63) is 34.3 Å². The Morgan fingerprint density at radius 3 is 2.43 bits per heavy atom. The molecule has 0 saturated heterocycles. The smallest absolute Gasteiger partial charge is 0.237 e. The van der Waals surface area contributed by atoms with Crippen LogP contribution >= 0.6 is 15.9 Å². The molecule has 0 spiro atoms. The molecule has 2 unspecified atom stereocenters. The molecule has 4 N–H and O–H groups in total. The van der Waals surface area contributed by atoms with Gasteiger partial charge < -0.3 is 16.4 Å². The molecule has 114 valence electrons. The second-order valence-electron chi connectivity index (χ2n) is 5.56. The third kappa shape index (κ3) is 4.54. The van der Waals surface area contributed by atoms with Crippen molar-refractivity contribution in [3.63, 3.8) is 0 Å². The summed E-state index contributed by atoms with van der Waals surface area (Å²) in [4.78, 5) is 25.3. The van der Waals surface area contributed by atoms with Gasteiger partial charge >= 0.3 is 0 Å². The molecule has 1 fully saturated rings. The van der Waals surface area contributed by atoms with Crippen LogP contribution in [-0.4, -0.2) is 29.3 Å². The highest BCUT2D eigenvalue weighted by atomic mass is 79.9. The van der Waals surface area contributed by atoms with Crippen LogP contribution in [-0.2, 0) is 16.1 Å². The molecule has 0 bridgehead atoms. The number of hydrogen-bond donors (Lipinski definition) is 2. The van der Waals surface area contributed by atoms with Gasteiger partial charge in [-0.25, -0.2) is 0 Å². The van der Waals surface area contributed by atoms with E-state index in [0.717, 1.165) is 22.9 Å². The zero-order valence-electron chi connectivity index (χ0n) is 11.8. The van der Waals surface area contributed by atoms with Crippen LogP contribution in [0, 0.1) is 5.92 Å². The molecule has 0 heterocycles. The number of nitrogens with two attached hydrogens (primary N) is 2. The van der Waals surface area contributed by atoms with Gasteiger partial charge in [-0.1, -0.05) is 28.1 Å². The number of rotatable bonds is 5. The van der Waals surface area contributed by atoms with Crippen LogP contribution < -0.4 is 11.5 Å². The summed E-state index contributed by atoms with van der Waals surface area (Å²) in [6, 6.07) is 7.75. The first kappa shape index (κ1) is 16.0. The van der Waals surface area contributed by atoms with Crippen LogP contribution in [0.25, 0.3) is 0 Å². The average Bonchev–Trinajstić information content (AvgIpc) is 2.86. The molecule has 1 aromatic carbocycles. The number of amides is 2. The van der Waals surface area contributed by atoms with Crippen LogP contribution in [0.1, 0.15) is 24.8 Å². The van der Waals surface area contributed by atoms with Crippen molar-refractivity contribution < 1.29 is 9.59 Å². The summed E-state index contributed by atoms with van der Waals surface area (Å²) in [5, 5.41) is 0. The molecule has 1 aromatic rings. The minimum absolute atomic E-state index is 0.0235. The summed E-state index contributed by atoms with van der Waals surface area (Å²) >= 11 is 3.37. The Bertz CT molecular complexity index is 518. The molecule has 2 rings (SSSR count). The predicted molar refractivity (Wildman–Crippen MR) is 84.1 cm³/mol. The van der Waals surface area contributed by atoms with Crippen molar-refractivity contribution in [2.75, 3.05) is 6.54 Å². The quantitative estimate of drug-likeness (QED) is 0.837. The van der Waals surface area contributed by atoms with Crippen LogP contribution in [0.4, 0.5) is 0 Å². The minimum atomic E-state index is -0.497. The van der Waals surface area contributed by atoms with E-state index < -0.39 is 5.91 Å². The molecule has 1 aliphatic carbocycles. The fourth-order valence-corrected chi connectivity index (χ4v) is 2.97. The molecule has 1 saturated carbocycles. The molecule has 2 amide bonds. The Hall–Kier alpha value is -1.40. The zero-order valence-corrected chi connectivity index (χ0v) is 13.4. The van der Waals surface area contributed by atoms with Gasteiger partial charge in [0.1, 0.15) is 0 Å². The van der Waals surface area contributed by atoms with Crippen LogP contribution in [0.3, 0.4) is 0 Å². The Kier molecular flexibility index (Phi) is 5.36. The number of carbonyl (C=O) groups is 2. The van der Waals surface area contributed by atoms with E-state index in [1.165, 1.54) is 4.90 Å². The third-order valence-electron chi connectivity index (χ3n) is 3.77. The lowest BCUT2D eigenvalue weighted by molar-refractivity contribution is -0.139. The number of carbonyl (C=O) groups excluding carboxylic acids is 2. The lowest BCUT2D eigenvalue weighted by atomic mass is 10.1. The SMILES string of the molecule is NC(=O)CN(Cc1ccc(Br)cc1)C(=O)C1CCC(N)C1. The maximum Gasteiger partial charge on any atom is 0.237 e. The van der Waals surface area contributed by atoms with Crippen molar-refractivity contribution in [3.8, 4) is 0 Å². The van der Waals surface area contributed by atoms with Crippen molar-refractivity contribution in [2.24, 2.45) is 17.4 Å². The van der Waals surface area contributed by atoms with Gasteiger partial charge in [-0.15, -0.1) is 0 Å². The molecule has 21 heavy (non-hydrogen) atoms. The molecule has 0 radical (unpaired) electrons. The Morgan fingerprint density at radius 2 is 1.90 bits per heavy atom. The molecular weight excluding hydrogens is 334 g/mol. The van der Waals surface area contributed by atoms with Gasteiger partial charge in [-0.05, 0) is 37.0 Å². The average molecular weight is 354 g/mol. The fourth-order valence-electron chi connectivity index (χ4n) is 2.71. The zero-order chi connectivity index (χ0) is 15.4. The largest absolute Gasteiger partial charge is 0.368 e. The highest BCUT2D eigenvalue weighted by Gasteiger charge is 2.31. The molecule has 0 aliphatic heterocycles. The Balaban J connectivity index is 2.08. The second kappa shape index (κ2) is 7.04. The van der Waals surface area contributed by atoms with E-state index in [4.69, 9.17) is 11.5 Å². The molecule has 2 atom stereocenters. The number of benzene rings is 1. The summed E-state index contributed by atoms with van der Waals surface area (Å²) in [5.74, 6) is -0.609. The first-order chi connectivity index (χ1) is 9.95. The summed E-state index contributed by atoms with van der Waals surface area (Å²) in [7, 11) is 0. The predicted octanol–water partition coefficient (Wildman–Crippen LogP) is 1.39. The molecule has 0 aromatic heterocycles. The van der Waals surface area contributed by atoms with E-state index in [1.54, 1.807) is 0 Å². The molecule has 1 aliphatic rings. The Morgan fingerprint density at radius 1 is 1.24 bits per heavy atom. The van der Waals surface area contributed by atoms with Crippen LogP contribution in [0.2, 0.25) is 0 Å². The monoisotopic (exact) mass is 353 g/mol. The van der Waals surface area contributed by atoms with E-state index in [-0.39, 0.29) is 24.4 Å². The number of hydrogen-bond acceptors (Lipinski definition) is 3. The topological polar surface area (TPSA) is 89.4 Å². The number of nitrogens with zero attached hydrogens (tertiary/aromatic N) is 1. The number of halogens is 1. The van der Waals surface area contributed by atoms with E-state index in [1.807, 2.05) is 24.3 Å². The van der Waals surface area contributed by atoms with Crippen molar-refractivity contribution >= 4 is 27.7 Å². The highest BCUT2D eigenvalue weighted by molar-refractivity contribution is 9.10. The third-order valence-corrected chi connectivity index (χ3v) is 4.30. The maximum atomic E-state index is 12.6. The molecular formula is C15H20BrN3O2. The fraction of sp³-hybridized carbons (Fsp3) is 0.467.